The van der Waals surface area contributed by atoms with Crippen molar-refractivity contribution >= 4 is 34.7 Å². The Morgan fingerprint density at radius 1 is 0.920 bits per heavy atom. The number of anilines is 2. The molecule has 2 aromatic carbocycles. The van der Waals surface area contributed by atoms with Crippen molar-refractivity contribution in [3.8, 4) is 17.2 Å². The van der Waals surface area contributed by atoms with Crippen LogP contribution < -0.4 is 20.1 Å². The molecule has 5 aromatic rings. The topological polar surface area (TPSA) is 133 Å². The number of likely N-dealkylation sites (tertiary alicyclic amines) is 1. The number of fused-ring (bicyclic) bond motifs is 1. The lowest BCUT2D eigenvalue weighted by atomic mass is 10.1. The van der Waals surface area contributed by atoms with Crippen molar-refractivity contribution in [2.75, 3.05) is 30.8 Å². The second kappa shape index (κ2) is 13.7. The molecule has 2 amide bonds. The van der Waals surface area contributed by atoms with Crippen molar-refractivity contribution in [3.63, 3.8) is 0 Å². The molecule has 0 radical (unpaired) electrons. The summed E-state index contributed by atoms with van der Waals surface area (Å²) in [5, 5.41) is 12.1. The lowest BCUT2D eigenvalue weighted by Crippen LogP contribution is -2.36. The molecular formula is C38H41N7O5. The van der Waals surface area contributed by atoms with Crippen LogP contribution in [0.3, 0.4) is 0 Å². The van der Waals surface area contributed by atoms with Crippen LogP contribution in [0.4, 0.5) is 16.4 Å². The van der Waals surface area contributed by atoms with Gasteiger partial charge in [0.15, 0.2) is 11.5 Å². The van der Waals surface area contributed by atoms with Crippen molar-refractivity contribution < 1.29 is 23.8 Å². The number of nitrogens with zero attached hydrogens (tertiary/aromatic N) is 5. The Hall–Kier alpha value is -5.65. The van der Waals surface area contributed by atoms with E-state index in [-0.39, 0.29) is 18.0 Å². The van der Waals surface area contributed by atoms with Crippen LogP contribution in [0.2, 0.25) is 0 Å². The fraction of sp³-hybridized carbons (Fsp3) is 0.342. The molecule has 2 aliphatic rings. The number of aromatic nitrogens is 4. The number of benzene rings is 2. The Labute approximate surface area is 290 Å². The van der Waals surface area contributed by atoms with Gasteiger partial charge in [0.25, 0.3) is 5.91 Å². The number of hydrogen-bond donors (Lipinski definition) is 2. The summed E-state index contributed by atoms with van der Waals surface area (Å²) in [6.07, 6.45) is 6.18. The second-order valence-corrected chi connectivity index (χ2v) is 13.7. The van der Waals surface area contributed by atoms with Gasteiger partial charge in [-0.2, -0.15) is 5.10 Å². The molecular weight excluding hydrogens is 634 g/mol. The van der Waals surface area contributed by atoms with Gasteiger partial charge in [-0.05, 0) is 106 Å². The van der Waals surface area contributed by atoms with Crippen LogP contribution >= 0.6 is 0 Å². The van der Waals surface area contributed by atoms with Crippen LogP contribution in [0, 0.1) is 0 Å². The van der Waals surface area contributed by atoms with E-state index in [1.54, 1.807) is 54.7 Å². The molecule has 1 saturated carbocycles. The Balaban J connectivity index is 1.12. The van der Waals surface area contributed by atoms with Gasteiger partial charge in [-0.15, -0.1) is 0 Å². The largest absolute Gasteiger partial charge is 0.497 e. The first-order valence-electron chi connectivity index (χ1n) is 16.9. The van der Waals surface area contributed by atoms with Crippen LogP contribution in [0.15, 0.2) is 79.1 Å². The Bertz CT molecular complexity index is 2000. The van der Waals surface area contributed by atoms with E-state index in [0.29, 0.717) is 65.3 Å². The molecule has 1 saturated heterocycles. The van der Waals surface area contributed by atoms with E-state index in [2.05, 4.69) is 15.6 Å². The highest BCUT2D eigenvalue weighted by Gasteiger charge is 2.31. The minimum atomic E-state index is -0.572. The number of carbonyl (C=O) groups is 2. The predicted octanol–water partition coefficient (Wildman–Crippen LogP) is 7.23. The zero-order valence-electron chi connectivity index (χ0n) is 28.7. The van der Waals surface area contributed by atoms with Gasteiger partial charge in [0, 0.05) is 43.2 Å². The Morgan fingerprint density at radius 3 is 2.38 bits per heavy atom. The molecule has 7 rings (SSSR count). The van der Waals surface area contributed by atoms with Crippen LogP contribution in [-0.4, -0.2) is 68.5 Å². The fourth-order valence-corrected chi connectivity index (χ4v) is 6.01. The first-order valence-corrected chi connectivity index (χ1v) is 16.9. The molecule has 2 N–H and O–H groups in total. The number of methoxy groups -OCH3 is 1. The van der Waals surface area contributed by atoms with Crippen LogP contribution in [0.1, 0.15) is 67.4 Å². The summed E-state index contributed by atoms with van der Waals surface area (Å²) in [6, 6.07) is 20.5. The Kier molecular flexibility index (Phi) is 9.00. The normalized spacial score (nSPS) is 15.9. The molecule has 12 nitrogen and oxygen atoms in total. The monoisotopic (exact) mass is 675 g/mol. The van der Waals surface area contributed by atoms with E-state index in [4.69, 9.17) is 24.3 Å². The number of ether oxygens (including phenoxy) is 3. The van der Waals surface area contributed by atoms with Crippen LogP contribution in [-0.2, 0) is 11.3 Å². The summed E-state index contributed by atoms with van der Waals surface area (Å²) in [5.74, 6) is 3.35. The first kappa shape index (κ1) is 32.9. The van der Waals surface area contributed by atoms with Gasteiger partial charge >= 0.3 is 6.09 Å². The molecule has 1 aliphatic carbocycles. The molecule has 1 unspecified atom stereocenters. The highest BCUT2D eigenvalue weighted by atomic mass is 16.6. The molecule has 1 atom stereocenters. The van der Waals surface area contributed by atoms with Crippen molar-refractivity contribution in [3.05, 3.63) is 95.8 Å². The number of carbonyl (C=O) groups excluding carboxylic acids is 2. The van der Waals surface area contributed by atoms with Gasteiger partial charge in [0.05, 0.1) is 13.7 Å². The maximum absolute atomic E-state index is 13.0. The molecule has 4 heterocycles. The first-order chi connectivity index (χ1) is 24.1. The van der Waals surface area contributed by atoms with Crippen LogP contribution in [0.5, 0.6) is 17.2 Å². The molecule has 258 valence electrons. The van der Waals surface area contributed by atoms with Gasteiger partial charge in [-0.3, -0.25) is 4.79 Å². The number of nitrogens with one attached hydrogen (secondary N) is 2. The van der Waals surface area contributed by atoms with Gasteiger partial charge in [0.2, 0.25) is 0 Å². The van der Waals surface area contributed by atoms with Gasteiger partial charge in [-0.1, -0.05) is 12.1 Å². The molecule has 0 bridgehead atoms. The number of hydrogen-bond acceptors (Lipinski definition) is 9. The zero-order chi connectivity index (χ0) is 34.8. The third kappa shape index (κ3) is 7.64. The van der Waals surface area contributed by atoms with E-state index < -0.39 is 5.60 Å². The smallest absolute Gasteiger partial charge is 0.410 e. The quantitative estimate of drug-likeness (QED) is 0.157. The summed E-state index contributed by atoms with van der Waals surface area (Å²) in [5.41, 5.74) is 2.78. The highest BCUT2D eigenvalue weighted by molar-refractivity contribution is 6.03. The number of rotatable bonds is 10. The van der Waals surface area contributed by atoms with Crippen molar-refractivity contribution in [1.29, 1.82) is 0 Å². The second-order valence-electron chi connectivity index (χ2n) is 13.7. The minimum absolute atomic E-state index is 0.0552. The molecule has 50 heavy (non-hydrogen) atoms. The number of pyridine rings is 2. The van der Waals surface area contributed by atoms with Gasteiger partial charge < -0.3 is 29.7 Å². The average molecular weight is 676 g/mol. The van der Waals surface area contributed by atoms with Crippen LogP contribution in [0.25, 0.3) is 11.0 Å². The van der Waals surface area contributed by atoms with Crippen molar-refractivity contribution in [1.82, 2.24) is 24.6 Å². The lowest BCUT2D eigenvalue weighted by Gasteiger charge is -2.24. The maximum atomic E-state index is 13.0. The molecule has 12 heteroatoms. The predicted molar refractivity (Wildman–Crippen MR) is 190 cm³/mol. The van der Waals surface area contributed by atoms with E-state index in [1.807, 2.05) is 61.9 Å². The summed E-state index contributed by atoms with van der Waals surface area (Å²) in [6.45, 7) is 7.10. The lowest BCUT2D eigenvalue weighted by molar-refractivity contribution is 0.0293. The average Bonchev–Trinajstić information content (AvgIpc) is 3.75. The SMILES string of the molecule is COc1ccc(Cn2nc(NC3CCN(C(=O)OC(C)(C)C)C3)c3c(Oc4ccc(C(=O)Nc5cc(C6CC6)ccn5)cc4)ccnc32)cc1. The summed E-state index contributed by atoms with van der Waals surface area (Å²) in [4.78, 5) is 36.5. The minimum Gasteiger partial charge on any atom is -0.497 e. The molecule has 3 aromatic heterocycles. The molecule has 0 spiro atoms. The van der Waals surface area contributed by atoms with E-state index in [1.165, 1.54) is 18.4 Å². The third-order valence-electron chi connectivity index (χ3n) is 8.69. The molecule has 1 aliphatic heterocycles. The highest BCUT2D eigenvalue weighted by Crippen LogP contribution is 2.40. The Morgan fingerprint density at radius 2 is 1.66 bits per heavy atom. The van der Waals surface area contributed by atoms with E-state index in [9.17, 15) is 9.59 Å². The van der Waals surface area contributed by atoms with Gasteiger partial charge in [0.1, 0.15) is 34.1 Å². The fourth-order valence-electron chi connectivity index (χ4n) is 6.01. The van der Waals surface area contributed by atoms with Gasteiger partial charge in [-0.25, -0.2) is 19.4 Å². The molecule has 2 fully saturated rings. The summed E-state index contributed by atoms with van der Waals surface area (Å²) >= 11 is 0. The van der Waals surface area contributed by atoms with Crippen molar-refractivity contribution in [2.45, 2.75) is 64.1 Å². The maximum Gasteiger partial charge on any atom is 0.410 e. The standard InChI is InChI=1S/C38H41N7O5/c1-38(2,3)50-37(47)44-20-17-28(23-44)41-34-33-31(16-19-40-35(33)45(43-34)22-24-5-11-29(48-4)12-6-24)49-30-13-9-26(10-14-30)36(46)42-32-21-27(15-18-39-32)25-7-8-25/h5-6,9-16,18-19,21,25,28H,7-8,17,20,22-23H2,1-4H3,(H,41,43)(H,39,42,46). The van der Waals surface area contributed by atoms with E-state index >= 15 is 0 Å². The summed E-state index contributed by atoms with van der Waals surface area (Å²) in [7, 11) is 1.64. The number of amides is 2. The zero-order valence-corrected chi connectivity index (χ0v) is 28.7. The van der Waals surface area contributed by atoms with E-state index in [0.717, 1.165) is 17.7 Å². The third-order valence-corrected chi connectivity index (χ3v) is 8.69. The van der Waals surface area contributed by atoms with Crippen molar-refractivity contribution in [2.24, 2.45) is 0 Å². The summed E-state index contributed by atoms with van der Waals surface area (Å²) < 4.78 is 19.2.